The standard InChI is InChI=1S/C25H31ClN4O3/c1-17-4-3-5-21(12-17)30-11-10-29(14-18(30)2)24(32)16-28-9-8-19(15-28)25(33)27-20-6-7-23(31)22(26)13-20/h3-7,12-13,18-19,31H,8-11,14-16H2,1-2H3,(H,27,33)/t18?,19-/m1/s1. The Morgan fingerprint density at radius 2 is 1.94 bits per heavy atom. The lowest BCUT2D eigenvalue weighted by Crippen LogP contribution is -2.55. The van der Waals surface area contributed by atoms with Crippen molar-refractivity contribution < 1.29 is 14.7 Å². The van der Waals surface area contributed by atoms with Gasteiger partial charge in [0.05, 0.1) is 17.5 Å². The number of aromatic hydroxyl groups is 1. The zero-order chi connectivity index (χ0) is 23.5. The van der Waals surface area contributed by atoms with Crippen LogP contribution in [0.25, 0.3) is 0 Å². The number of phenols is 1. The number of hydrogen-bond donors (Lipinski definition) is 2. The molecule has 0 aromatic heterocycles. The zero-order valence-corrected chi connectivity index (χ0v) is 19.9. The van der Waals surface area contributed by atoms with Crippen LogP contribution in [-0.4, -0.2) is 72.0 Å². The predicted molar refractivity (Wildman–Crippen MR) is 131 cm³/mol. The molecule has 2 aromatic rings. The molecule has 2 amide bonds. The van der Waals surface area contributed by atoms with Gasteiger partial charge in [0.1, 0.15) is 5.75 Å². The molecule has 0 spiro atoms. The second kappa shape index (κ2) is 10.0. The Balaban J connectivity index is 1.26. The van der Waals surface area contributed by atoms with Crippen molar-refractivity contribution in [3.05, 3.63) is 53.1 Å². The molecule has 2 heterocycles. The van der Waals surface area contributed by atoms with Crippen LogP contribution < -0.4 is 10.2 Å². The molecule has 0 saturated carbocycles. The van der Waals surface area contributed by atoms with Crippen LogP contribution in [0.4, 0.5) is 11.4 Å². The summed E-state index contributed by atoms with van der Waals surface area (Å²) in [6.07, 6.45) is 0.711. The van der Waals surface area contributed by atoms with Gasteiger partial charge in [-0.25, -0.2) is 0 Å². The summed E-state index contributed by atoms with van der Waals surface area (Å²) in [5.41, 5.74) is 3.00. The van der Waals surface area contributed by atoms with E-state index in [-0.39, 0.29) is 34.5 Å². The number of rotatable bonds is 5. The highest BCUT2D eigenvalue weighted by molar-refractivity contribution is 6.32. The number of aryl methyl sites for hydroxylation is 1. The van der Waals surface area contributed by atoms with Crippen molar-refractivity contribution >= 4 is 34.8 Å². The van der Waals surface area contributed by atoms with Crippen molar-refractivity contribution in [3.63, 3.8) is 0 Å². The maximum atomic E-state index is 13.0. The lowest BCUT2D eigenvalue weighted by molar-refractivity contribution is -0.133. The minimum Gasteiger partial charge on any atom is -0.506 e. The first-order valence-corrected chi connectivity index (χ1v) is 11.8. The highest BCUT2D eigenvalue weighted by Crippen LogP contribution is 2.27. The third-order valence-corrected chi connectivity index (χ3v) is 6.83. The van der Waals surface area contributed by atoms with Gasteiger partial charge in [0, 0.05) is 43.6 Å². The molecule has 176 valence electrons. The maximum Gasteiger partial charge on any atom is 0.236 e. The summed E-state index contributed by atoms with van der Waals surface area (Å²) >= 11 is 5.92. The van der Waals surface area contributed by atoms with Gasteiger partial charge in [0.25, 0.3) is 0 Å². The fourth-order valence-electron chi connectivity index (χ4n) is 4.68. The highest BCUT2D eigenvalue weighted by atomic mass is 35.5. The quantitative estimate of drug-likeness (QED) is 0.655. The second-order valence-corrected chi connectivity index (χ2v) is 9.50. The molecule has 1 unspecified atom stereocenters. The van der Waals surface area contributed by atoms with Gasteiger partial charge >= 0.3 is 0 Å². The van der Waals surface area contributed by atoms with Gasteiger partial charge < -0.3 is 20.2 Å². The third kappa shape index (κ3) is 5.60. The average Bonchev–Trinajstić information content (AvgIpc) is 3.25. The number of nitrogens with one attached hydrogen (secondary N) is 1. The minimum atomic E-state index is -0.178. The molecule has 2 aromatic carbocycles. The molecule has 33 heavy (non-hydrogen) atoms. The van der Waals surface area contributed by atoms with Crippen LogP contribution in [0.15, 0.2) is 42.5 Å². The molecule has 0 aliphatic carbocycles. The monoisotopic (exact) mass is 470 g/mol. The smallest absolute Gasteiger partial charge is 0.236 e. The van der Waals surface area contributed by atoms with Crippen molar-refractivity contribution in [2.75, 3.05) is 49.5 Å². The summed E-state index contributed by atoms with van der Waals surface area (Å²) in [4.78, 5) is 32.0. The number of carbonyl (C=O) groups excluding carboxylic acids is 2. The summed E-state index contributed by atoms with van der Waals surface area (Å²) in [5.74, 6) is -0.166. The number of amides is 2. The third-order valence-electron chi connectivity index (χ3n) is 6.53. The molecule has 4 rings (SSSR count). The number of piperazine rings is 1. The summed E-state index contributed by atoms with van der Waals surface area (Å²) in [7, 11) is 0. The first-order valence-electron chi connectivity index (χ1n) is 11.4. The number of benzene rings is 2. The number of carbonyl (C=O) groups is 2. The first kappa shape index (κ1) is 23.4. The van der Waals surface area contributed by atoms with Crippen molar-refractivity contribution in [2.24, 2.45) is 5.92 Å². The van der Waals surface area contributed by atoms with Gasteiger partial charge in [-0.15, -0.1) is 0 Å². The van der Waals surface area contributed by atoms with E-state index in [4.69, 9.17) is 11.6 Å². The predicted octanol–water partition coefficient (Wildman–Crippen LogP) is 3.35. The summed E-state index contributed by atoms with van der Waals surface area (Å²) in [6.45, 7) is 8.09. The Labute approximate surface area is 199 Å². The van der Waals surface area contributed by atoms with E-state index >= 15 is 0 Å². The molecular formula is C25H31ClN4O3. The Morgan fingerprint density at radius 3 is 2.67 bits per heavy atom. The molecule has 2 fully saturated rings. The Hall–Kier alpha value is -2.77. The molecular weight excluding hydrogens is 440 g/mol. The van der Waals surface area contributed by atoms with Gasteiger partial charge in [-0.3, -0.25) is 14.5 Å². The average molecular weight is 471 g/mol. The van der Waals surface area contributed by atoms with Crippen molar-refractivity contribution in [1.82, 2.24) is 9.80 Å². The van der Waals surface area contributed by atoms with Gasteiger partial charge in [-0.05, 0) is 62.7 Å². The van der Waals surface area contributed by atoms with Crippen molar-refractivity contribution in [2.45, 2.75) is 26.3 Å². The van der Waals surface area contributed by atoms with Crippen LogP contribution in [0.2, 0.25) is 5.02 Å². The normalized spacial score (nSPS) is 21.3. The number of likely N-dealkylation sites (tertiary alicyclic amines) is 1. The van der Waals surface area contributed by atoms with Gasteiger partial charge in [0.15, 0.2) is 0 Å². The molecule has 2 aliphatic rings. The maximum absolute atomic E-state index is 13.0. The fraction of sp³-hybridized carbons (Fsp3) is 0.440. The van der Waals surface area contributed by atoms with Crippen LogP contribution in [0.1, 0.15) is 18.9 Å². The largest absolute Gasteiger partial charge is 0.506 e. The van der Waals surface area contributed by atoms with Crippen LogP contribution in [0.3, 0.4) is 0 Å². The van der Waals surface area contributed by atoms with Crippen LogP contribution in [0.5, 0.6) is 5.75 Å². The van der Waals surface area contributed by atoms with E-state index in [9.17, 15) is 14.7 Å². The van der Waals surface area contributed by atoms with E-state index in [1.807, 2.05) is 4.90 Å². The molecule has 2 saturated heterocycles. The van der Waals surface area contributed by atoms with Crippen molar-refractivity contribution in [3.8, 4) is 5.75 Å². The van der Waals surface area contributed by atoms with Gasteiger partial charge in [0.2, 0.25) is 11.8 Å². The molecule has 0 radical (unpaired) electrons. The van der Waals surface area contributed by atoms with E-state index in [0.29, 0.717) is 38.3 Å². The minimum absolute atomic E-state index is 0.0192. The summed E-state index contributed by atoms with van der Waals surface area (Å²) < 4.78 is 0. The summed E-state index contributed by atoms with van der Waals surface area (Å²) in [5, 5.41) is 12.6. The summed E-state index contributed by atoms with van der Waals surface area (Å²) in [6, 6.07) is 13.3. The van der Waals surface area contributed by atoms with Crippen LogP contribution in [0, 0.1) is 12.8 Å². The number of phenolic OH excluding ortho intramolecular Hbond substituents is 1. The molecule has 2 atom stereocenters. The molecule has 0 bridgehead atoms. The molecule has 2 N–H and O–H groups in total. The molecule has 2 aliphatic heterocycles. The van der Waals surface area contributed by atoms with E-state index in [1.54, 1.807) is 6.07 Å². The Morgan fingerprint density at radius 1 is 1.12 bits per heavy atom. The van der Waals surface area contributed by atoms with Gasteiger partial charge in [-0.2, -0.15) is 0 Å². The Bertz CT molecular complexity index is 1030. The Kier molecular flexibility index (Phi) is 7.10. The number of anilines is 2. The highest BCUT2D eigenvalue weighted by Gasteiger charge is 2.32. The topological polar surface area (TPSA) is 76.1 Å². The van der Waals surface area contributed by atoms with E-state index < -0.39 is 0 Å². The lowest BCUT2D eigenvalue weighted by atomic mass is 10.1. The van der Waals surface area contributed by atoms with Crippen LogP contribution >= 0.6 is 11.6 Å². The molecule has 8 heteroatoms. The number of nitrogens with zero attached hydrogens (tertiary/aromatic N) is 3. The molecule has 7 nitrogen and oxygen atoms in total. The second-order valence-electron chi connectivity index (χ2n) is 9.10. The van der Waals surface area contributed by atoms with E-state index in [0.717, 1.165) is 13.1 Å². The van der Waals surface area contributed by atoms with E-state index in [1.165, 1.54) is 23.4 Å². The van der Waals surface area contributed by atoms with E-state index in [2.05, 4.69) is 53.2 Å². The van der Waals surface area contributed by atoms with Crippen LogP contribution in [-0.2, 0) is 9.59 Å². The van der Waals surface area contributed by atoms with Gasteiger partial charge in [-0.1, -0.05) is 23.7 Å². The SMILES string of the molecule is Cc1cccc(N2CCN(C(=O)CN3CC[C@@H](C(=O)Nc4ccc(O)c(Cl)c4)C3)CC2C)c1. The zero-order valence-electron chi connectivity index (χ0n) is 19.1. The first-order chi connectivity index (χ1) is 15.8. The number of halogens is 1. The van der Waals surface area contributed by atoms with Crippen molar-refractivity contribution in [1.29, 1.82) is 0 Å². The lowest BCUT2D eigenvalue weighted by Gasteiger charge is -2.41. The number of hydrogen-bond acceptors (Lipinski definition) is 5. The fourth-order valence-corrected chi connectivity index (χ4v) is 4.87.